The largest absolute Gasteiger partial charge is 0.480 e. The molecule has 1 atom stereocenters. The Kier molecular flexibility index (Phi) is 5.29. The van der Waals surface area contributed by atoms with E-state index in [1.807, 2.05) is 18.2 Å². The fourth-order valence-electron chi connectivity index (χ4n) is 2.54. The third-order valence-corrected chi connectivity index (χ3v) is 5.45. The SMILES string of the molecule is CCc1ccc(-c2ccc(C=C3SC(=S)N(C(C)C(=O)O)C3=O)o2)cc1. The van der Waals surface area contributed by atoms with Crippen molar-refractivity contribution in [1.29, 1.82) is 0 Å². The van der Waals surface area contributed by atoms with Gasteiger partial charge < -0.3 is 9.52 Å². The van der Waals surface area contributed by atoms with Crippen molar-refractivity contribution in [3.05, 3.63) is 52.6 Å². The molecule has 2 heterocycles. The molecule has 0 aliphatic carbocycles. The molecule has 26 heavy (non-hydrogen) atoms. The lowest BCUT2D eigenvalue weighted by Crippen LogP contribution is -2.41. The first-order valence-electron chi connectivity index (χ1n) is 8.09. The average Bonchev–Trinajstić information content (AvgIpc) is 3.19. The van der Waals surface area contributed by atoms with Crippen LogP contribution in [-0.4, -0.2) is 32.2 Å². The maximum atomic E-state index is 12.5. The topological polar surface area (TPSA) is 70.8 Å². The van der Waals surface area contributed by atoms with Gasteiger partial charge in [-0.15, -0.1) is 0 Å². The molecule has 3 rings (SSSR count). The summed E-state index contributed by atoms with van der Waals surface area (Å²) in [6, 6.07) is 10.7. The molecule has 0 saturated carbocycles. The Morgan fingerprint density at radius 2 is 2.00 bits per heavy atom. The van der Waals surface area contributed by atoms with Gasteiger partial charge in [-0.2, -0.15) is 0 Å². The number of furan rings is 1. The Labute approximate surface area is 160 Å². The summed E-state index contributed by atoms with van der Waals surface area (Å²) in [6.45, 7) is 3.53. The fourth-order valence-corrected chi connectivity index (χ4v) is 3.94. The molecule has 7 heteroatoms. The Morgan fingerprint density at radius 3 is 2.62 bits per heavy atom. The number of thioether (sulfide) groups is 1. The lowest BCUT2D eigenvalue weighted by atomic mass is 10.1. The normalized spacial score (nSPS) is 17.2. The number of carbonyl (C=O) groups excluding carboxylic acids is 1. The number of carbonyl (C=O) groups is 2. The Bertz CT molecular complexity index is 899. The minimum atomic E-state index is -1.10. The van der Waals surface area contributed by atoms with Crippen molar-refractivity contribution >= 4 is 46.3 Å². The first kappa shape index (κ1) is 18.4. The van der Waals surface area contributed by atoms with Crippen LogP contribution < -0.4 is 0 Å². The van der Waals surface area contributed by atoms with Crippen molar-refractivity contribution in [3.63, 3.8) is 0 Å². The van der Waals surface area contributed by atoms with Gasteiger partial charge in [0.15, 0.2) is 0 Å². The number of aliphatic carboxylic acids is 1. The first-order chi connectivity index (χ1) is 12.4. The van der Waals surface area contributed by atoms with Crippen LogP contribution >= 0.6 is 24.0 Å². The highest BCUT2D eigenvalue weighted by Crippen LogP contribution is 2.34. The van der Waals surface area contributed by atoms with E-state index in [9.17, 15) is 9.59 Å². The van der Waals surface area contributed by atoms with Crippen LogP contribution in [0.3, 0.4) is 0 Å². The molecule has 1 aromatic heterocycles. The molecule has 1 saturated heterocycles. The van der Waals surface area contributed by atoms with Crippen molar-refractivity contribution in [3.8, 4) is 11.3 Å². The number of hydrogen-bond acceptors (Lipinski definition) is 5. The summed E-state index contributed by atoms with van der Waals surface area (Å²) in [7, 11) is 0. The summed E-state index contributed by atoms with van der Waals surface area (Å²) in [6.07, 6.45) is 2.57. The van der Waals surface area contributed by atoms with Crippen LogP contribution in [0.2, 0.25) is 0 Å². The van der Waals surface area contributed by atoms with Crippen LogP contribution in [-0.2, 0) is 16.0 Å². The van der Waals surface area contributed by atoms with E-state index in [0.717, 1.165) is 28.6 Å². The zero-order valence-corrected chi connectivity index (χ0v) is 15.9. The number of nitrogens with zero attached hydrogens (tertiary/aromatic N) is 1. The molecule has 1 unspecified atom stereocenters. The van der Waals surface area contributed by atoms with E-state index in [1.165, 1.54) is 12.5 Å². The molecule has 2 aromatic rings. The maximum Gasteiger partial charge on any atom is 0.326 e. The number of carboxylic acids is 1. The molecule has 1 N–H and O–H groups in total. The Balaban J connectivity index is 1.82. The number of thiocarbonyl (C=S) groups is 1. The summed E-state index contributed by atoms with van der Waals surface area (Å²) >= 11 is 6.22. The van der Waals surface area contributed by atoms with E-state index in [4.69, 9.17) is 21.7 Å². The molecular formula is C19H17NO4S2. The number of amides is 1. The molecule has 1 aromatic carbocycles. The van der Waals surface area contributed by atoms with Gasteiger partial charge in [0.1, 0.15) is 21.9 Å². The molecular weight excluding hydrogens is 370 g/mol. The zero-order valence-electron chi connectivity index (χ0n) is 14.3. The van der Waals surface area contributed by atoms with Gasteiger partial charge in [-0.25, -0.2) is 4.79 Å². The van der Waals surface area contributed by atoms with E-state index in [1.54, 1.807) is 12.1 Å². The Hall–Kier alpha value is -2.38. The number of carboxylic acid groups (broad SMARTS) is 1. The minimum absolute atomic E-state index is 0.234. The molecule has 5 nitrogen and oxygen atoms in total. The molecule has 0 radical (unpaired) electrons. The van der Waals surface area contributed by atoms with Crippen molar-refractivity contribution in [2.24, 2.45) is 0 Å². The van der Waals surface area contributed by atoms with Crippen LogP contribution in [0.5, 0.6) is 0 Å². The summed E-state index contributed by atoms with van der Waals surface area (Å²) in [5.74, 6) is -0.296. The smallest absolute Gasteiger partial charge is 0.326 e. The van der Waals surface area contributed by atoms with Crippen LogP contribution in [0.4, 0.5) is 0 Å². The quantitative estimate of drug-likeness (QED) is 0.613. The summed E-state index contributed by atoms with van der Waals surface area (Å²) < 4.78 is 6.05. The van der Waals surface area contributed by atoms with Crippen LogP contribution in [0.1, 0.15) is 25.2 Å². The van der Waals surface area contributed by atoms with E-state index in [-0.39, 0.29) is 4.32 Å². The molecule has 1 aliphatic heterocycles. The average molecular weight is 387 g/mol. The van der Waals surface area contributed by atoms with E-state index in [0.29, 0.717) is 16.4 Å². The van der Waals surface area contributed by atoms with Crippen LogP contribution in [0, 0.1) is 0 Å². The molecule has 0 bridgehead atoms. The second-order valence-electron chi connectivity index (χ2n) is 5.82. The first-order valence-corrected chi connectivity index (χ1v) is 9.32. The van der Waals surface area contributed by atoms with Gasteiger partial charge in [-0.05, 0) is 31.0 Å². The van der Waals surface area contributed by atoms with Crippen LogP contribution in [0.25, 0.3) is 17.4 Å². The van der Waals surface area contributed by atoms with Crippen molar-refractivity contribution in [2.45, 2.75) is 26.3 Å². The predicted molar refractivity (Wildman–Crippen MR) is 106 cm³/mol. The number of benzene rings is 1. The molecule has 0 spiro atoms. The second kappa shape index (κ2) is 7.47. The monoisotopic (exact) mass is 387 g/mol. The maximum absolute atomic E-state index is 12.5. The van der Waals surface area contributed by atoms with E-state index >= 15 is 0 Å². The molecule has 1 aliphatic rings. The van der Waals surface area contributed by atoms with Gasteiger partial charge in [-0.1, -0.05) is 55.2 Å². The van der Waals surface area contributed by atoms with Crippen molar-refractivity contribution in [2.75, 3.05) is 0 Å². The molecule has 134 valence electrons. The fraction of sp³-hybridized carbons (Fsp3) is 0.211. The third-order valence-electron chi connectivity index (χ3n) is 4.12. The summed E-state index contributed by atoms with van der Waals surface area (Å²) in [4.78, 5) is 25.1. The summed E-state index contributed by atoms with van der Waals surface area (Å²) in [5, 5.41) is 9.12. The Morgan fingerprint density at radius 1 is 1.31 bits per heavy atom. The highest BCUT2D eigenvalue weighted by atomic mass is 32.2. The third kappa shape index (κ3) is 3.59. The van der Waals surface area contributed by atoms with Gasteiger partial charge in [0, 0.05) is 11.6 Å². The summed E-state index contributed by atoms with van der Waals surface area (Å²) in [5.41, 5.74) is 2.20. The predicted octanol–water partition coefficient (Wildman–Crippen LogP) is 4.18. The van der Waals surface area contributed by atoms with Gasteiger partial charge in [0.05, 0.1) is 4.91 Å². The number of hydrogen-bond donors (Lipinski definition) is 1. The lowest BCUT2D eigenvalue weighted by Gasteiger charge is -2.18. The standard InChI is InChI=1S/C19H17NO4S2/c1-3-12-4-6-13(7-5-12)15-9-8-14(24-15)10-16-17(21)20(19(25)26-16)11(2)18(22)23/h4-11H,3H2,1-2H3,(H,22,23). The van der Waals surface area contributed by atoms with Gasteiger partial charge in [-0.3, -0.25) is 9.69 Å². The highest BCUT2D eigenvalue weighted by molar-refractivity contribution is 8.26. The van der Waals surface area contributed by atoms with Crippen molar-refractivity contribution < 1.29 is 19.1 Å². The van der Waals surface area contributed by atoms with Crippen LogP contribution in [0.15, 0.2) is 45.7 Å². The van der Waals surface area contributed by atoms with E-state index < -0.39 is 17.9 Å². The minimum Gasteiger partial charge on any atom is -0.480 e. The molecule has 1 fully saturated rings. The van der Waals surface area contributed by atoms with Crippen molar-refractivity contribution in [1.82, 2.24) is 4.90 Å². The number of aryl methyl sites for hydroxylation is 1. The van der Waals surface area contributed by atoms with E-state index in [2.05, 4.69) is 19.1 Å². The van der Waals surface area contributed by atoms with Gasteiger partial charge in [0.2, 0.25) is 0 Å². The molecule has 1 amide bonds. The van der Waals surface area contributed by atoms with Gasteiger partial charge >= 0.3 is 5.97 Å². The number of rotatable bonds is 5. The second-order valence-corrected chi connectivity index (χ2v) is 7.49. The zero-order chi connectivity index (χ0) is 18.8. The highest BCUT2D eigenvalue weighted by Gasteiger charge is 2.38. The lowest BCUT2D eigenvalue weighted by molar-refractivity contribution is -0.144. The van der Waals surface area contributed by atoms with Gasteiger partial charge in [0.25, 0.3) is 5.91 Å².